The van der Waals surface area contributed by atoms with Crippen molar-refractivity contribution in [3.05, 3.63) is 35.1 Å². The van der Waals surface area contributed by atoms with Crippen LogP contribution in [0.1, 0.15) is 50.8 Å². The Bertz CT molecular complexity index is 540. The Morgan fingerprint density at radius 2 is 2.18 bits per heavy atom. The van der Waals surface area contributed by atoms with Gasteiger partial charge in [0.2, 0.25) is 0 Å². The highest BCUT2D eigenvalue weighted by Gasteiger charge is 2.26. The molecule has 122 valence electrons. The molecular weight excluding hydrogens is 283 g/mol. The summed E-state index contributed by atoms with van der Waals surface area (Å²) >= 11 is 0. The molecule has 3 N–H and O–H groups in total. The maximum absolute atomic E-state index is 13.2. The molecule has 2 unspecified atom stereocenters. The first-order valence-electron chi connectivity index (χ1n) is 7.75. The second kappa shape index (κ2) is 6.65. The summed E-state index contributed by atoms with van der Waals surface area (Å²) in [5.41, 5.74) is 1.96. The molecule has 0 saturated carbocycles. The number of aliphatic hydroxyl groups excluding tert-OH is 1. The minimum Gasteiger partial charge on any atom is -0.394 e. The van der Waals surface area contributed by atoms with Gasteiger partial charge in [-0.15, -0.1) is 0 Å². The number of amides is 2. The highest BCUT2D eigenvalue weighted by Crippen LogP contribution is 2.31. The Morgan fingerprint density at radius 1 is 1.45 bits per heavy atom. The van der Waals surface area contributed by atoms with Crippen molar-refractivity contribution in [3.8, 4) is 0 Å². The third kappa shape index (κ3) is 4.44. The van der Waals surface area contributed by atoms with Gasteiger partial charge in [0.05, 0.1) is 18.7 Å². The van der Waals surface area contributed by atoms with Crippen LogP contribution in [0.2, 0.25) is 0 Å². The van der Waals surface area contributed by atoms with Crippen molar-refractivity contribution >= 4 is 6.03 Å². The lowest BCUT2D eigenvalue weighted by atomic mass is 9.88. The zero-order valence-electron chi connectivity index (χ0n) is 13.4. The fourth-order valence-electron chi connectivity index (χ4n) is 3.02. The monoisotopic (exact) mass is 308 g/mol. The summed E-state index contributed by atoms with van der Waals surface area (Å²) in [5.74, 6) is -0.241. The highest BCUT2D eigenvalue weighted by atomic mass is 19.1. The summed E-state index contributed by atoms with van der Waals surface area (Å²) in [6.07, 6.45) is 2.24. The van der Waals surface area contributed by atoms with Crippen molar-refractivity contribution in [3.63, 3.8) is 0 Å². The van der Waals surface area contributed by atoms with Gasteiger partial charge < -0.3 is 15.7 Å². The van der Waals surface area contributed by atoms with Crippen LogP contribution in [-0.4, -0.2) is 23.8 Å². The summed E-state index contributed by atoms with van der Waals surface area (Å²) < 4.78 is 13.2. The minimum atomic E-state index is -0.287. The van der Waals surface area contributed by atoms with Crippen LogP contribution in [0.4, 0.5) is 9.18 Å². The van der Waals surface area contributed by atoms with Crippen molar-refractivity contribution in [2.45, 2.75) is 52.1 Å². The van der Waals surface area contributed by atoms with Gasteiger partial charge in [-0.05, 0) is 47.9 Å². The van der Waals surface area contributed by atoms with Crippen molar-refractivity contribution in [1.82, 2.24) is 10.6 Å². The lowest BCUT2D eigenvalue weighted by molar-refractivity contribution is 0.189. The van der Waals surface area contributed by atoms with Crippen LogP contribution in [0.3, 0.4) is 0 Å². The van der Waals surface area contributed by atoms with Crippen molar-refractivity contribution in [1.29, 1.82) is 0 Å². The molecule has 1 aromatic rings. The largest absolute Gasteiger partial charge is 0.394 e. The SMILES string of the molecule is CC(C)(C)CC(CO)NC(=O)NC1CCc2cc(F)ccc21. The molecule has 0 heterocycles. The third-order valence-electron chi connectivity index (χ3n) is 3.90. The van der Waals surface area contributed by atoms with E-state index >= 15 is 0 Å². The van der Waals surface area contributed by atoms with Crippen LogP contribution in [0.15, 0.2) is 18.2 Å². The van der Waals surface area contributed by atoms with E-state index in [0.717, 1.165) is 24.0 Å². The Labute approximate surface area is 131 Å². The number of fused-ring (bicyclic) bond motifs is 1. The lowest BCUT2D eigenvalue weighted by Crippen LogP contribution is -2.46. The number of aliphatic hydroxyl groups is 1. The minimum absolute atomic E-state index is 0.0260. The van der Waals surface area contributed by atoms with Crippen molar-refractivity contribution < 1.29 is 14.3 Å². The number of urea groups is 1. The van der Waals surface area contributed by atoms with Gasteiger partial charge >= 0.3 is 6.03 Å². The van der Waals surface area contributed by atoms with E-state index in [0.29, 0.717) is 6.42 Å². The van der Waals surface area contributed by atoms with Crippen LogP contribution in [0.25, 0.3) is 0 Å². The molecule has 1 aliphatic carbocycles. The zero-order chi connectivity index (χ0) is 16.3. The maximum atomic E-state index is 13.2. The van der Waals surface area contributed by atoms with E-state index in [1.807, 2.05) is 0 Å². The van der Waals surface area contributed by atoms with E-state index in [1.54, 1.807) is 6.07 Å². The van der Waals surface area contributed by atoms with Crippen LogP contribution in [0, 0.1) is 11.2 Å². The molecule has 5 heteroatoms. The number of halogens is 1. The molecule has 22 heavy (non-hydrogen) atoms. The molecule has 2 atom stereocenters. The first-order chi connectivity index (χ1) is 10.3. The summed E-state index contributed by atoms with van der Waals surface area (Å²) in [7, 11) is 0. The number of rotatable bonds is 4. The first kappa shape index (κ1) is 16.7. The molecule has 0 bridgehead atoms. The smallest absolute Gasteiger partial charge is 0.315 e. The molecular formula is C17H25FN2O2. The average molecular weight is 308 g/mol. The van der Waals surface area contributed by atoms with Crippen LogP contribution in [0.5, 0.6) is 0 Å². The van der Waals surface area contributed by atoms with E-state index in [-0.39, 0.29) is 36.0 Å². The van der Waals surface area contributed by atoms with E-state index in [9.17, 15) is 14.3 Å². The summed E-state index contributed by atoms with van der Waals surface area (Å²) in [6.45, 7) is 6.11. The molecule has 0 spiro atoms. The van der Waals surface area contributed by atoms with Crippen molar-refractivity contribution in [2.75, 3.05) is 6.61 Å². The zero-order valence-corrected chi connectivity index (χ0v) is 13.4. The lowest BCUT2D eigenvalue weighted by Gasteiger charge is -2.26. The topological polar surface area (TPSA) is 61.4 Å². The van der Waals surface area contributed by atoms with Gasteiger partial charge in [0.1, 0.15) is 5.82 Å². The van der Waals surface area contributed by atoms with Gasteiger partial charge in [-0.1, -0.05) is 26.8 Å². The second-order valence-electron chi connectivity index (χ2n) is 7.20. The predicted molar refractivity (Wildman–Crippen MR) is 84.1 cm³/mol. The standard InChI is InChI=1S/C17H25FN2O2/c1-17(2,3)9-13(10-21)19-16(22)20-15-7-4-11-8-12(18)5-6-14(11)15/h5-6,8,13,15,21H,4,7,9-10H2,1-3H3,(H2,19,20,22). The number of hydrogen-bond acceptors (Lipinski definition) is 2. The molecule has 2 rings (SSSR count). The second-order valence-corrected chi connectivity index (χ2v) is 7.20. The van der Waals surface area contributed by atoms with Gasteiger partial charge in [-0.25, -0.2) is 9.18 Å². The summed E-state index contributed by atoms with van der Waals surface area (Å²) in [6, 6.07) is 4.04. The average Bonchev–Trinajstić information content (AvgIpc) is 2.78. The summed E-state index contributed by atoms with van der Waals surface area (Å²) in [5, 5.41) is 15.1. The molecule has 1 aliphatic rings. The van der Waals surface area contributed by atoms with E-state index in [2.05, 4.69) is 31.4 Å². The molecule has 0 aliphatic heterocycles. The number of benzene rings is 1. The first-order valence-corrected chi connectivity index (χ1v) is 7.75. The Hall–Kier alpha value is -1.62. The van der Waals surface area contributed by atoms with Crippen LogP contribution in [-0.2, 0) is 6.42 Å². The van der Waals surface area contributed by atoms with Crippen LogP contribution >= 0.6 is 0 Å². The Morgan fingerprint density at radius 3 is 2.82 bits per heavy atom. The van der Waals surface area contributed by atoms with E-state index in [1.165, 1.54) is 12.1 Å². The Balaban J connectivity index is 1.93. The molecule has 0 fully saturated rings. The van der Waals surface area contributed by atoms with Crippen LogP contribution < -0.4 is 10.6 Å². The number of hydrogen-bond donors (Lipinski definition) is 3. The van der Waals surface area contributed by atoms with Gasteiger partial charge in [0.15, 0.2) is 0 Å². The number of aryl methyl sites for hydroxylation is 1. The maximum Gasteiger partial charge on any atom is 0.315 e. The number of nitrogens with one attached hydrogen (secondary N) is 2. The quantitative estimate of drug-likeness (QED) is 0.801. The van der Waals surface area contributed by atoms with Gasteiger partial charge in [0.25, 0.3) is 0 Å². The Kier molecular flexibility index (Phi) is 5.06. The fraction of sp³-hybridized carbons (Fsp3) is 0.588. The third-order valence-corrected chi connectivity index (χ3v) is 3.90. The predicted octanol–water partition coefficient (Wildman–Crippen LogP) is 2.91. The van der Waals surface area contributed by atoms with Crippen molar-refractivity contribution in [2.24, 2.45) is 5.41 Å². The summed E-state index contributed by atoms with van der Waals surface area (Å²) in [4.78, 5) is 12.1. The van der Waals surface area contributed by atoms with E-state index in [4.69, 9.17) is 0 Å². The molecule has 0 saturated heterocycles. The fourth-order valence-corrected chi connectivity index (χ4v) is 3.02. The van der Waals surface area contributed by atoms with Gasteiger partial charge in [-0.2, -0.15) is 0 Å². The highest BCUT2D eigenvalue weighted by molar-refractivity contribution is 5.75. The molecule has 0 radical (unpaired) electrons. The molecule has 0 aromatic heterocycles. The van der Waals surface area contributed by atoms with Gasteiger partial charge in [-0.3, -0.25) is 0 Å². The van der Waals surface area contributed by atoms with E-state index < -0.39 is 0 Å². The number of carbonyl (C=O) groups is 1. The molecule has 4 nitrogen and oxygen atoms in total. The number of carbonyl (C=O) groups excluding carboxylic acids is 1. The normalized spacial score (nSPS) is 18.7. The molecule has 1 aromatic carbocycles. The van der Waals surface area contributed by atoms with Gasteiger partial charge in [0, 0.05) is 0 Å². The molecule has 2 amide bonds.